The zero-order chi connectivity index (χ0) is 28.5. The average Bonchev–Trinajstić information content (AvgIpc) is 3.52. The van der Waals surface area contributed by atoms with Crippen LogP contribution in [-0.4, -0.2) is 57.9 Å². The first-order valence-corrected chi connectivity index (χ1v) is 13.4. The van der Waals surface area contributed by atoms with E-state index in [4.69, 9.17) is 9.47 Å². The fourth-order valence-corrected chi connectivity index (χ4v) is 5.68. The molecule has 2 aliphatic rings. The molecule has 0 atom stereocenters. The van der Waals surface area contributed by atoms with Gasteiger partial charge in [0.15, 0.2) is 12.4 Å². The second-order valence-corrected chi connectivity index (χ2v) is 9.75. The number of nitrogens with zero attached hydrogens (tertiary/aromatic N) is 4. The standard InChI is InChI=1S/C27H23F5N4O2.C2H6/c28-19-8-2-6-16-5-1-7-17(20(16)19)22-21(29)23-18(13-33-22)24(37-15-27(30,31)32)35-25(34-23)38-14-26-9-3-11-36(26)12-4-10-26;1-2/h1-2,5-8,13H,3-4,9-12,14-15H2;1-2H3. The van der Waals surface area contributed by atoms with Gasteiger partial charge >= 0.3 is 12.2 Å². The van der Waals surface area contributed by atoms with E-state index in [1.807, 2.05) is 13.8 Å². The van der Waals surface area contributed by atoms with Crippen LogP contribution in [-0.2, 0) is 0 Å². The van der Waals surface area contributed by atoms with Crippen molar-refractivity contribution in [1.82, 2.24) is 19.9 Å². The summed E-state index contributed by atoms with van der Waals surface area (Å²) in [6, 6.07) is 9.06. The van der Waals surface area contributed by atoms with Gasteiger partial charge in [-0.3, -0.25) is 9.88 Å². The van der Waals surface area contributed by atoms with Crippen LogP contribution in [0.5, 0.6) is 11.9 Å². The van der Waals surface area contributed by atoms with Gasteiger partial charge in [0.05, 0.1) is 10.9 Å². The van der Waals surface area contributed by atoms with E-state index in [0.717, 1.165) is 45.0 Å². The number of halogens is 5. The van der Waals surface area contributed by atoms with Crippen LogP contribution in [0.1, 0.15) is 39.5 Å². The first-order chi connectivity index (χ1) is 19.2. The van der Waals surface area contributed by atoms with Crippen molar-refractivity contribution in [3.05, 3.63) is 54.2 Å². The highest BCUT2D eigenvalue weighted by Crippen LogP contribution is 2.40. The number of hydrogen-bond donors (Lipinski definition) is 0. The molecule has 4 aromatic rings. The minimum atomic E-state index is -4.64. The predicted octanol–water partition coefficient (Wildman–Crippen LogP) is 7.10. The van der Waals surface area contributed by atoms with Gasteiger partial charge in [-0.1, -0.05) is 44.2 Å². The van der Waals surface area contributed by atoms with Crippen LogP contribution >= 0.6 is 0 Å². The van der Waals surface area contributed by atoms with Crippen LogP contribution in [0.15, 0.2) is 42.6 Å². The Labute approximate surface area is 228 Å². The molecule has 0 radical (unpaired) electrons. The molecule has 2 aliphatic heterocycles. The topological polar surface area (TPSA) is 60.4 Å². The Bertz CT molecular complexity index is 1510. The number of rotatable bonds is 6. The van der Waals surface area contributed by atoms with Crippen molar-refractivity contribution in [3.8, 4) is 23.1 Å². The lowest BCUT2D eigenvalue weighted by Gasteiger charge is -2.31. The molecule has 11 heteroatoms. The van der Waals surface area contributed by atoms with Crippen molar-refractivity contribution in [3.63, 3.8) is 0 Å². The van der Waals surface area contributed by atoms with Gasteiger partial charge < -0.3 is 9.47 Å². The second-order valence-electron chi connectivity index (χ2n) is 9.75. The molecule has 6 nitrogen and oxygen atoms in total. The van der Waals surface area contributed by atoms with Gasteiger partial charge in [0, 0.05) is 17.1 Å². The van der Waals surface area contributed by atoms with Crippen molar-refractivity contribution in [2.75, 3.05) is 26.3 Å². The van der Waals surface area contributed by atoms with Crippen molar-refractivity contribution in [1.29, 1.82) is 0 Å². The number of ether oxygens (including phenoxy) is 2. The Morgan fingerprint density at radius 2 is 1.65 bits per heavy atom. The van der Waals surface area contributed by atoms with Crippen LogP contribution < -0.4 is 9.47 Å². The average molecular weight is 561 g/mol. The molecule has 0 bridgehead atoms. The highest BCUT2D eigenvalue weighted by atomic mass is 19.4. The molecule has 212 valence electrons. The fraction of sp³-hybridized carbons (Fsp3) is 0.414. The molecule has 0 aliphatic carbocycles. The van der Waals surface area contributed by atoms with Crippen LogP contribution in [0.4, 0.5) is 22.0 Å². The third-order valence-corrected chi connectivity index (χ3v) is 7.39. The summed E-state index contributed by atoms with van der Waals surface area (Å²) in [4.78, 5) is 14.7. The summed E-state index contributed by atoms with van der Waals surface area (Å²) in [5.74, 6) is -1.99. The van der Waals surface area contributed by atoms with E-state index < -0.39 is 30.3 Å². The molecule has 40 heavy (non-hydrogen) atoms. The zero-order valence-corrected chi connectivity index (χ0v) is 22.2. The molecule has 2 saturated heterocycles. The molecular formula is C29H29F5N4O2. The van der Waals surface area contributed by atoms with E-state index in [9.17, 15) is 17.6 Å². The number of fused-ring (bicyclic) bond motifs is 3. The minimum Gasteiger partial charge on any atom is -0.467 e. The lowest BCUT2D eigenvalue weighted by Crippen LogP contribution is -2.43. The fourth-order valence-electron chi connectivity index (χ4n) is 5.68. The number of alkyl halides is 3. The van der Waals surface area contributed by atoms with E-state index >= 15 is 4.39 Å². The Morgan fingerprint density at radius 1 is 0.950 bits per heavy atom. The van der Waals surface area contributed by atoms with E-state index in [1.54, 1.807) is 24.3 Å². The summed E-state index contributed by atoms with van der Waals surface area (Å²) < 4.78 is 80.4. The largest absolute Gasteiger partial charge is 0.467 e. The van der Waals surface area contributed by atoms with Gasteiger partial charge in [-0.05, 0) is 50.2 Å². The van der Waals surface area contributed by atoms with Gasteiger partial charge in [-0.25, -0.2) is 8.78 Å². The Kier molecular flexibility index (Phi) is 7.76. The van der Waals surface area contributed by atoms with Crippen LogP contribution in [0.2, 0.25) is 0 Å². The summed E-state index contributed by atoms with van der Waals surface area (Å²) in [5.41, 5.74) is -0.521. The maximum absolute atomic E-state index is 16.0. The number of hydrogen-bond acceptors (Lipinski definition) is 6. The molecule has 2 fully saturated rings. The maximum atomic E-state index is 16.0. The third kappa shape index (κ3) is 5.26. The Hall–Kier alpha value is -3.60. The highest BCUT2D eigenvalue weighted by molar-refractivity contribution is 5.98. The van der Waals surface area contributed by atoms with Crippen molar-refractivity contribution in [2.24, 2.45) is 0 Å². The summed E-state index contributed by atoms with van der Waals surface area (Å²) >= 11 is 0. The van der Waals surface area contributed by atoms with Gasteiger partial charge in [-0.15, -0.1) is 0 Å². The molecule has 4 heterocycles. The van der Waals surface area contributed by atoms with E-state index in [-0.39, 0.29) is 45.7 Å². The van der Waals surface area contributed by atoms with E-state index in [1.165, 1.54) is 12.1 Å². The van der Waals surface area contributed by atoms with Gasteiger partial charge in [-0.2, -0.15) is 23.1 Å². The summed E-state index contributed by atoms with van der Waals surface area (Å²) in [6.45, 7) is 4.50. The van der Waals surface area contributed by atoms with Gasteiger partial charge in [0.1, 0.15) is 23.6 Å². The molecular weight excluding hydrogens is 531 g/mol. The van der Waals surface area contributed by atoms with Crippen LogP contribution in [0.25, 0.3) is 32.9 Å². The predicted molar refractivity (Wildman–Crippen MR) is 141 cm³/mol. The Balaban J connectivity index is 0.00000158. The van der Waals surface area contributed by atoms with Gasteiger partial charge in [0.2, 0.25) is 5.88 Å². The molecule has 0 spiro atoms. The van der Waals surface area contributed by atoms with E-state index in [0.29, 0.717) is 5.39 Å². The second kappa shape index (κ2) is 11.1. The van der Waals surface area contributed by atoms with Crippen LogP contribution in [0, 0.1) is 11.6 Å². The monoisotopic (exact) mass is 560 g/mol. The van der Waals surface area contributed by atoms with E-state index in [2.05, 4.69) is 19.9 Å². The number of aromatic nitrogens is 3. The highest BCUT2D eigenvalue weighted by Gasteiger charge is 2.45. The Morgan fingerprint density at radius 3 is 2.35 bits per heavy atom. The molecule has 6 rings (SSSR count). The normalized spacial score (nSPS) is 16.6. The first kappa shape index (κ1) is 27.9. The molecule has 0 saturated carbocycles. The molecule has 0 amide bonds. The van der Waals surface area contributed by atoms with Gasteiger partial charge in [0.25, 0.3) is 0 Å². The van der Waals surface area contributed by atoms with Crippen LogP contribution in [0.3, 0.4) is 0 Å². The molecule has 2 aromatic carbocycles. The number of benzene rings is 2. The lowest BCUT2D eigenvalue weighted by atomic mass is 9.95. The summed E-state index contributed by atoms with van der Waals surface area (Å²) in [7, 11) is 0. The first-order valence-electron chi connectivity index (χ1n) is 13.4. The quantitative estimate of drug-likeness (QED) is 0.235. The molecule has 0 unspecified atom stereocenters. The van der Waals surface area contributed by atoms with Crippen molar-refractivity contribution >= 4 is 21.7 Å². The molecule has 0 N–H and O–H groups in total. The maximum Gasteiger partial charge on any atom is 0.422 e. The summed E-state index contributed by atoms with van der Waals surface area (Å²) in [6.07, 6.45) is 0.384. The number of pyridine rings is 1. The molecule has 2 aromatic heterocycles. The summed E-state index contributed by atoms with van der Waals surface area (Å²) in [5, 5.41) is 0.563. The van der Waals surface area contributed by atoms with Crippen molar-refractivity contribution in [2.45, 2.75) is 51.2 Å². The smallest absolute Gasteiger partial charge is 0.422 e. The minimum absolute atomic E-state index is 0.148. The zero-order valence-electron chi connectivity index (χ0n) is 22.2. The third-order valence-electron chi connectivity index (χ3n) is 7.39. The van der Waals surface area contributed by atoms with Crippen molar-refractivity contribution < 1.29 is 31.4 Å². The lowest BCUT2D eigenvalue weighted by molar-refractivity contribution is -0.153. The SMILES string of the molecule is CC.Fc1c(-c2cccc3cccc(F)c23)ncc2c(OCC(F)(F)F)nc(OCC34CCCN3CCC4)nc12.